The molecule has 0 saturated carbocycles. The zero-order valence-corrected chi connectivity index (χ0v) is 13.9. The first-order chi connectivity index (χ1) is 11.0. The lowest BCUT2D eigenvalue weighted by molar-refractivity contribution is 0.0971. The molecule has 23 heavy (non-hydrogen) atoms. The Morgan fingerprint density at radius 2 is 1.83 bits per heavy atom. The number of hydrogen-bond acceptors (Lipinski definition) is 3. The minimum atomic E-state index is 0.0461. The first-order valence-electron chi connectivity index (χ1n) is 7.42. The fourth-order valence-corrected chi connectivity index (χ4v) is 2.70. The average molecular weight is 328 g/mol. The Morgan fingerprint density at radius 3 is 2.52 bits per heavy atom. The predicted molar refractivity (Wildman–Crippen MR) is 92.9 cm³/mol. The van der Waals surface area contributed by atoms with Gasteiger partial charge in [0.1, 0.15) is 5.82 Å². The van der Waals surface area contributed by atoms with Crippen molar-refractivity contribution in [2.75, 3.05) is 14.1 Å². The van der Waals surface area contributed by atoms with E-state index >= 15 is 0 Å². The number of benzene rings is 2. The molecule has 0 saturated heterocycles. The van der Waals surface area contributed by atoms with Gasteiger partial charge in [-0.2, -0.15) is 0 Å². The molecule has 0 radical (unpaired) electrons. The van der Waals surface area contributed by atoms with Gasteiger partial charge in [0.2, 0.25) is 0 Å². The molecule has 0 aliphatic rings. The number of halogens is 1. The molecule has 0 spiro atoms. The number of carbonyl (C=O) groups excluding carboxylic acids is 1. The van der Waals surface area contributed by atoms with E-state index in [9.17, 15) is 4.79 Å². The third-order valence-corrected chi connectivity index (χ3v) is 3.91. The number of fused-ring (bicyclic) bond motifs is 1. The van der Waals surface area contributed by atoms with Crippen molar-refractivity contribution in [2.24, 2.45) is 0 Å². The largest absolute Gasteiger partial charge is 0.319 e. The molecule has 5 heteroatoms. The van der Waals surface area contributed by atoms with Crippen LogP contribution in [0.15, 0.2) is 48.5 Å². The lowest BCUT2D eigenvalue weighted by Crippen LogP contribution is -2.18. The first kappa shape index (κ1) is 15.7. The van der Waals surface area contributed by atoms with E-state index in [1.54, 1.807) is 24.3 Å². The number of Topliss-reactive ketones (excluding diaryl/α,β-unsaturated/α-hetero) is 1. The highest BCUT2D eigenvalue weighted by Crippen LogP contribution is 2.18. The van der Waals surface area contributed by atoms with Crippen LogP contribution in [-0.4, -0.2) is 34.3 Å². The molecule has 0 bridgehead atoms. The minimum Gasteiger partial charge on any atom is -0.319 e. The molecule has 118 valence electrons. The van der Waals surface area contributed by atoms with Gasteiger partial charge in [0.15, 0.2) is 5.78 Å². The molecule has 0 unspecified atom stereocenters. The fourth-order valence-electron chi connectivity index (χ4n) is 2.58. The van der Waals surface area contributed by atoms with Crippen molar-refractivity contribution in [1.29, 1.82) is 0 Å². The summed E-state index contributed by atoms with van der Waals surface area (Å²) in [6.07, 6.45) is 0. The summed E-state index contributed by atoms with van der Waals surface area (Å²) in [5, 5.41) is 0.628. The summed E-state index contributed by atoms with van der Waals surface area (Å²) in [5.41, 5.74) is 2.54. The van der Waals surface area contributed by atoms with Crippen LogP contribution in [0.4, 0.5) is 0 Å². The molecule has 3 rings (SSSR count). The summed E-state index contributed by atoms with van der Waals surface area (Å²) in [6, 6.07) is 14.9. The third-order valence-electron chi connectivity index (χ3n) is 3.66. The smallest absolute Gasteiger partial charge is 0.182 e. The van der Waals surface area contributed by atoms with Crippen LogP contribution in [0.1, 0.15) is 16.2 Å². The molecule has 1 heterocycles. The Morgan fingerprint density at radius 1 is 1.13 bits per heavy atom. The van der Waals surface area contributed by atoms with Crippen LogP contribution in [0.25, 0.3) is 11.0 Å². The second-order valence-corrected chi connectivity index (χ2v) is 6.21. The highest BCUT2D eigenvalue weighted by molar-refractivity contribution is 6.30. The van der Waals surface area contributed by atoms with Crippen LogP contribution >= 0.6 is 11.6 Å². The Balaban J connectivity index is 1.97. The van der Waals surface area contributed by atoms with Crippen LogP contribution in [0, 0.1) is 0 Å². The van der Waals surface area contributed by atoms with Crippen LogP contribution in [0.2, 0.25) is 5.02 Å². The number of hydrogen-bond donors (Lipinski definition) is 0. The zero-order valence-electron chi connectivity index (χ0n) is 13.2. The molecule has 0 fully saturated rings. The van der Waals surface area contributed by atoms with E-state index in [4.69, 9.17) is 11.6 Å². The van der Waals surface area contributed by atoms with E-state index in [0.717, 1.165) is 16.9 Å². The fraction of sp³-hybridized carbons (Fsp3) is 0.222. The molecular formula is C18H18ClN3O. The van der Waals surface area contributed by atoms with Crippen LogP contribution in [-0.2, 0) is 13.1 Å². The zero-order chi connectivity index (χ0) is 16.4. The van der Waals surface area contributed by atoms with Gasteiger partial charge in [-0.1, -0.05) is 23.7 Å². The summed E-state index contributed by atoms with van der Waals surface area (Å²) in [6.45, 7) is 0.952. The molecule has 0 atom stereocenters. The van der Waals surface area contributed by atoms with E-state index < -0.39 is 0 Å². The van der Waals surface area contributed by atoms with Crippen molar-refractivity contribution < 1.29 is 4.79 Å². The topological polar surface area (TPSA) is 38.1 Å². The molecule has 0 amide bonds. The van der Waals surface area contributed by atoms with E-state index in [-0.39, 0.29) is 12.3 Å². The van der Waals surface area contributed by atoms with Gasteiger partial charge in [-0.05, 0) is 50.5 Å². The minimum absolute atomic E-state index is 0.0461. The van der Waals surface area contributed by atoms with Crippen molar-refractivity contribution in [3.63, 3.8) is 0 Å². The Labute approximate surface area is 140 Å². The number of carbonyl (C=O) groups is 1. The second-order valence-electron chi connectivity index (χ2n) is 5.77. The normalized spacial score (nSPS) is 11.3. The average Bonchev–Trinajstić information content (AvgIpc) is 2.85. The van der Waals surface area contributed by atoms with Gasteiger partial charge in [0, 0.05) is 10.6 Å². The van der Waals surface area contributed by atoms with Gasteiger partial charge in [0.25, 0.3) is 0 Å². The molecule has 4 nitrogen and oxygen atoms in total. The number of rotatable bonds is 5. The maximum Gasteiger partial charge on any atom is 0.182 e. The summed E-state index contributed by atoms with van der Waals surface area (Å²) in [5.74, 6) is 0.934. The van der Waals surface area contributed by atoms with Gasteiger partial charge >= 0.3 is 0 Å². The van der Waals surface area contributed by atoms with Gasteiger partial charge in [-0.25, -0.2) is 4.98 Å². The first-order valence-corrected chi connectivity index (χ1v) is 7.80. The Kier molecular flexibility index (Phi) is 4.46. The number of aromatic nitrogens is 2. The van der Waals surface area contributed by atoms with E-state index in [1.807, 2.05) is 47.8 Å². The monoisotopic (exact) mass is 327 g/mol. The number of nitrogens with zero attached hydrogens (tertiary/aromatic N) is 3. The van der Waals surface area contributed by atoms with Gasteiger partial charge in [0.05, 0.1) is 24.1 Å². The van der Waals surface area contributed by atoms with Gasteiger partial charge in [-0.15, -0.1) is 0 Å². The summed E-state index contributed by atoms with van der Waals surface area (Å²) < 4.78 is 1.99. The van der Waals surface area contributed by atoms with E-state index in [1.165, 1.54) is 0 Å². The van der Waals surface area contributed by atoms with Gasteiger partial charge in [-0.3, -0.25) is 4.79 Å². The maximum atomic E-state index is 12.6. The molecular weight excluding hydrogens is 310 g/mol. The SMILES string of the molecule is CN(C)Cc1nc2ccccc2n1CC(=O)c1ccc(Cl)cc1. The summed E-state index contributed by atoms with van der Waals surface area (Å²) in [7, 11) is 3.98. The Bertz CT molecular complexity index is 837. The van der Waals surface area contributed by atoms with Gasteiger partial charge < -0.3 is 9.47 Å². The summed E-state index contributed by atoms with van der Waals surface area (Å²) in [4.78, 5) is 19.3. The highest BCUT2D eigenvalue weighted by Gasteiger charge is 2.15. The van der Waals surface area contributed by atoms with Crippen molar-refractivity contribution in [1.82, 2.24) is 14.5 Å². The van der Waals surface area contributed by atoms with Crippen LogP contribution in [0.3, 0.4) is 0 Å². The molecule has 0 aliphatic carbocycles. The third kappa shape index (κ3) is 3.44. The predicted octanol–water partition coefficient (Wildman–Crippen LogP) is 3.63. The number of imidazole rings is 1. The van der Waals surface area contributed by atoms with E-state index in [2.05, 4.69) is 4.98 Å². The van der Waals surface area contributed by atoms with Crippen molar-refractivity contribution >= 4 is 28.4 Å². The van der Waals surface area contributed by atoms with Crippen molar-refractivity contribution in [3.05, 3.63) is 64.9 Å². The molecule has 2 aromatic carbocycles. The second kappa shape index (κ2) is 6.52. The molecule has 0 N–H and O–H groups in total. The number of ketones is 1. The maximum absolute atomic E-state index is 12.6. The van der Waals surface area contributed by atoms with Crippen molar-refractivity contribution in [3.8, 4) is 0 Å². The highest BCUT2D eigenvalue weighted by atomic mass is 35.5. The Hall–Kier alpha value is -2.17. The lowest BCUT2D eigenvalue weighted by atomic mass is 10.1. The molecule has 3 aromatic rings. The van der Waals surface area contributed by atoms with E-state index in [0.29, 0.717) is 17.1 Å². The van der Waals surface area contributed by atoms with Crippen LogP contribution < -0.4 is 0 Å². The van der Waals surface area contributed by atoms with Crippen molar-refractivity contribution in [2.45, 2.75) is 13.1 Å². The lowest BCUT2D eigenvalue weighted by Gasteiger charge is -2.12. The standard InChI is InChI=1S/C18H18ClN3O/c1-21(2)12-18-20-15-5-3-4-6-16(15)22(18)11-17(23)13-7-9-14(19)10-8-13/h3-10H,11-12H2,1-2H3. The summed E-state index contributed by atoms with van der Waals surface area (Å²) >= 11 is 5.89. The number of para-hydroxylation sites is 2. The quantitative estimate of drug-likeness (QED) is 0.672. The molecule has 1 aromatic heterocycles. The van der Waals surface area contributed by atoms with Crippen LogP contribution in [0.5, 0.6) is 0 Å². The molecule has 0 aliphatic heterocycles.